The maximum atomic E-state index is 12.7. The average Bonchev–Trinajstić information content (AvgIpc) is 3.31. The molecule has 10 heteroatoms. The second-order valence-corrected chi connectivity index (χ2v) is 18.3. The molecule has 0 aromatic carbocycles. The van der Waals surface area contributed by atoms with E-state index < -0.39 is 65.1 Å². The van der Waals surface area contributed by atoms with Gasteiger partial charge in [-0.15, -0.1) is 0 Å². The molecule has 0 radical (unpaired) electrons. The third kappa shape index (κ3) is 3.46. The van der Waals surface area contributed by atoms with Crippen molar-refractivity contribution >= 4 is 0 Å². The van der Waals surface area contributed by atoms with Crippen LogP contribution in [0.2, 0.25) is 0 Å². The largest absolute Gasteiger partial charge is 0.394 e. The number of aliphatic hydroxyl groups is 6. The van der Waals surface area contributed by atoms with E-state index in [0.717, 1.165) is 38.5 Å². The third-order valence-electron chi connectivity index (χ3n) is 16.0. The Hall–Kier alpha value is -0.400. The van der Waals surface area contributed by atoms with Crippen LogP contribution in [0.5, 0.6) is 0 Å². The summed E-state index contributed by atoms with van der Waals surface area (Å²) in [5.41, 5.74) is -2.77. The zero-order valence-electron chi connectivity index (χ0n) is 28.0. The Morgan fingerprint density at radius 1 is 0.889 bits per heavy atom. The highest BCUT2D eigenvalue weighted by molar-refractivity contribution is 5.36. The van der Waals surface area contributed by atoms with E-state index in [4.69, 9.17) is 18.9 Å². The number of rotatable bonds is 4. The smallest absolute Gasteiger partial charge is 0.199 e. The van der Waals surface area contributed by atoms with Gasteiger partial charge in [0.15, 0.2) is 12.1 Å². The molecule has 5 saturated carbocycles. The van der Waals surface area contributed by atoms with Gasteiger partial charge in [0.25, 0.3) is 0 Å². The standard InChI is InChI=1S/C35H56O10/c1-16-12-17-26(30(4,5)41)45-35(44-17)25(16)32(7)21(37)13-34-15-33(34)11-10-22(43-27-24(39)23(38)18(14-36)42-27)29(2,3)19(33)8-9-20(34)31(32,6)28(35)40/h16-28,36-41H,8-15H2,1-7H3/t16-,17-,18-,19+,20+,21-,22+,23+,24-,25-,26+,27+,28-,31-,32-,33-,34+,35+/m1/s1. The molecule has 3 aliphatic heterocycles. The lowest BCUT2D eigenvalue weighted by Crippen LogP contribution is -2.64. The van der Waals surface area contributed by atoms with E-state index in [0.29, 0.717) is 12.3 Å². The maximum Gasteiger partial charge on any atom is 0.199 e. The van der Waals surface area contributed by atoms with Crippen molar-refractivity contribution in [1.82, 2.24) is 0 Å². The van der Waals surface area contributed by atoms with Gasteiger partial charge in [0.1, 0.15) is 30.5 Å². The highest BCUT2D eigenvalue weighted by Crippen LogP contribution is 2.90. The molecule has 3 spiro atoms. The summed E-state index contributed by atoms with van der Waals surface area (Å²) in [6, 6.07) is 0. The van der Waals surface area contributed by atoms with Crippen molar-refractivity contribution in [3.8, 4) is 0 Å². The summed E-state index contributed by atoms with van der Waals surface area (Å²) in [6.45, 7) is 14.2. The summed E-state index contributed by atoms with van der Waals surface area (Å²) in [6.07, 6.45) is -0.889. The van der Waals surface area contributed by atoms with E-state index in [1.165, 1.54) is 0 Å². The maximum absolute atomic E-state index is 12.7. The Labute approximate surface area is 266 Å². The van der Waals surface area contributed by atoms with Crippen LogP contribution < -0.4 is 0 Å². The van der Waals surface area contributed by atoms with E-state index in [1.54, 1.807) is 13.8 Å². The van der Waals surface area contributed by atoms with E-state index in [9.17, 15) is 30.6 Å². The van der Waals surface area contributed by atoms with Gasteiger partial charge < -0.3 is 49.6 Å². The number of aliphatic hydroxyl groups excluding tert-OH is 5. The summed E-state index contributed by atoms with van der Waals surface area (Å²) in [7, 11) is 0. The van der Waals surface area contributed by atoms with Crippen LogP contribution in [0.15, 0.2) is 0 Å². The summed E-state index contributed by atoms with van der Waals surface area (Å²) in [5.74, 6) is -0.819. The normalized spacial score (nSPS) is 62.5. The lowest BCUT2D eigenvalue weighted by Gasteiger charge is -2.64. The van der Waals surface area contributed by atoms with Crippen molar-refractivity contribution in [1.29, 1.82) is 0 Å². The van der Waals surface area contributed by atoms with Gasteiger partial charge in [0.05, 0.1) is 30.5 Å². The van der Waals surface area contributed by atoms with Crippen LogP contribution in [0.3, 0.4) is 0 Å². The Bertz CT molecular complexity index is 1240. The predicted molar refractivity (Wildman–Crippen MR) is 160 cm³/mol. The second kappa shape index (κ2) is 9.23. The average molecular weight is 637 g/mol. The van der Waals surface area contributed by atoms with Crippen LogP contribution in [0.4, 0.5) is 0 Å². The first-order chi connectivity index (χ1) is 20.9. The summed E-state index contributed by atoms with van der Waals surface area (Å²) in [5, 5.41) is 66.7. The Kier molecular flexibility index (Phi) is 6.53. The Morgan fingerprint density at radius 3 is 2.22 bits per heavy atom. The predicted octanol–water partition coefficient (Wildman–Crippen LogP) is 2.09. The molecule has 5 aliphatic carbocycles. The van der Waals surface area contributed by atoms with Gasteiger partial charge in [0.2, 0.25) is 0 Å². The molecule has 8 fully saturated rings. The van der Waals surface area contributed by atoms with Crippen molar-refractivity contribution in [2.45, 2.75) is 160 Å². The first-order valence-corrected chi connectivity index (χ1v) is 17.6. The quantitative estimate of drug-likeness (QED) is 0.270. The minimum absolute atomic E-state index is 0.0131. The van der Waals surface area contributed by atoms with Gasteiger partial charge in [-0.3, -0.25) is 0 Å². The number of fused-ring (bicyclic) bond motifs is 4. The SMILES string of the molecule is C[C@@H]1C[C@H]2O[C@@]3(O[C@@H]2C(C)(C)O)[C@H](O)[C@@]2(C)[C@@H]4CC[C@H]5C(C)(C)[C@@H](O[C@@H]6O[C@H](CO)[C@H](O)[C@H]6O)CC[C@@]56C[C@@]46C[C@@H](O)[C@]2(C)[C@@H]13. The molecule has 10 nitrogen and oxygen atoms in total. The lowest BCUT2D eigenvalue weighted by atomic mass is 9.40. The molecule has 8 aliphatic rings. The highest BCUT2D eigenvalue weighted by Gasteiger charge is 2.89. The van der Waals surface area contributed by atoms with Crippen LogP contribution in [-0.4, -0.2) is 104 Å². The van der Waals surface area contributed by atoms with Crippen molar-refractivity contribution in [3.05, 3.63) is 0 Å². The third-order valence-corrected chi connectivity index (χ3v) is 16.0. The molecule has 2 bridgehead atoms. The van der Waals surface area contributed by atoms with Crippen LogP contribution >= 0.6 is 0 Å². The van der Waals surface area contributed by atoms with Gasteiger partial charge >= 0.3 is 0 Å². The zero-order chi connectivity index (χ0) is 32.5. The monoisotopic (exact) mass is 636 g/mol. The van der Waals surface area contributed by atoms with Crippen LogP contribution in [-0.2, 0) is 18.9 Å². The molecule has 3 saturated heterocycles. The lowest BCUT2D eigenvalue weighted by molar-refractivity contribution is -0.283. The van der Waals surface area contributed by atoms with Crippen molar-refractivity contribution in [2.24, 2.45) is 50.7 Å². The molecule has 18 atom stereocenters. The molecule has 8 rings (SSSR count). The highest BCUT2D eigenvalue weighted by atomic mass is 16.8. The second-order valence-electron chi connectivity index (χ2n) is 18.3. The first kappa shape index (κ1) is 31.8. The van der Waals surface area contributed by atoms with E-state index in [-0.39, 0.29) is 52.8 Å². The minimum Gasteiger partial charge on any atom is -0.394 e. The Morgan fingerprint density at radius 2 is 1.58 bits per heavy atom. The molecule has 0 unspecified atom stereocenters. The van der Waals surface area contributed by atoms with Crippen molar-refractivity contribution in [3.63, 3.8) is 0 Å². The van der Waals surface area contributed by atoms with Gasteiger partial charge in [-0.2, -0.15) is 0 Å². The van der Waals surface area contributed by atoms with Gasteiger partial charge in [0, 0.05) is 16.7 Å². The van der Waals surface area contributed by atoms with Crippen LogP contribution in [0.25, 0.3) is 0 Å². The van der Waals surface area contributed by atoms with E-state index in [1.807, 2.05) is 0 Å². The molecule has 0 amide bonds. The summed E-state index contributed by atoms with van der Waals surface area (Å²) >= 11 is 0. The molecule has 0 aromatic rings. The van der Waals surface area contributed by atoms with E-state index >= 15 is 0 Å². The number of ether oxygens (including phenoxy) is 4. The molecule has 45 heavy (non-hydrogen) atoms. The molecule has 0 aromatic heterocycles. The van der Waals surface area contributed by atoms with Crippen LogP contribution in [0.1, 0.15) is 93.4 Å². The number of hydrogen-bond acceptors (Lipinski definition) is 10. The molecule has 256 valence electrons. The van der Waals surface area contributed by atoms with Crippen LogP contribution in [0, 0.1) is 50.7 Å². The number of hydrogen-bond donors (Lipinski definition) is 6. The summed E-state index contributed by atoms with van der Waals surface area (Å²) < 4.78 is 25.7. The first-order valence-electron chi connectivity index (χ1n) is 17.6. The van der Waals surface area contributed by atoms with E-state index in [2.05, 4.69) is 34.6 Å². The molecule has 6 N–H and O–H groups in total. The summed E-state index contributed by atoms with van der Waals surface area (Å²) in [4.78, 5) is 0. The topological polar surface area (TPSA) is 158 Å². The molecular weight excluding hydrogens is 580 g/mol. The van der Waals surface area contributed by atoms with Crippen molar-refractivity contribution < 1.29 is 49.6 Å². The zero-order valence-corrected chi connectivity index (χ0v) is 28.0. The fraction of sp³-hybridized carbons (Fsp3) is 1.00. The Balaban J connectivity index is 1.12. The fourth-order valence-corrected chi connectivity index (χ4v) is 14.1. The molecular formula is C35H56O10. The van der Waals surface area contributed by atoms with Gasteiger partial charge in [-0.25, -0.2) is 0 Å². The fourth-order valence-electron chi connectivity index (χ4n) is 14.1. The van der Waals surface area contributed by atoms with Crippen molar-refractivity contribution in [2.75, 3.05) is 6.61 Å². The molecule has 3 heterocycles. The minimum atomic E-state index is -1.26. The van der Waals surface area contributed by atoms with Gasteiger partial charge in [-0.1, -0.05) is 34.6 Å². The van der Waals surface area contributed by atoms with Gasteiger partial charge in [-0.05, 0) is 92.8 Å².